The molecule has 0 atom stereocenters. The smallest absolute Gasteiger partial charge is 0.263 e. The Kier molecular flexibility index (Phi) is 4.69. The van der Waals surface area contributed by atoms with Gasteiger partial charge in [-0.2, -0.15) is 5.10 Å². The van der Waals surface area contributed by atoms with Crippen LogP contribution in [0.15, 0.2) is 30.3 Å². The molecule has 2 N–H and O–H groups in total. The van der Waals surface area contributed by atoms with Crippen LogP contribution in [-0.2, 0) is 11.2 Å². The van der Waals surface area contributed by atoms with Crippen LogP contribution in [0, 0.1) is 0 Å². The molecule has 0 radical (unpaired) electrons. The van der Waals surface area contributed by atoms with Crippen LogP contribution in [0.2, 0.25) is 0 Å². The summed E-state index contributed by atoms with van der Waals surface area (Å²) in [7, 11) is 0. The Morgan fingerprint density at radius 2 is 2.09 bits per heavy atom. The molecule has 1 saturated carbocycles. The van der Waals surface area contributed by atoms with Crippen molar-refractivity contribution >= 4 is 11.7 Å². The number of carbonyl (C=O) groups is 1. The number of aromatic nitrogens is 2. The van der Waals surface area contributed by atoms with E-state index >= 15 is 0 Å². The highest BCUT2D eigenvalue weighted by Crippen LogP contribution is 2.33. The average Bonchev–Trinajstić information content (AvgIpc) is 3.18. The Morgan fingerprint density at radius 3 is 2.83 bits per heavy atom. The molecule has 4 nitrogen and oxygen atoms in total. The number of nitrogens with zero attached hydrogens (tertiary/aromatic N) is 1. The molecular weight excluding hydrogens is 300 g/mol. The lowest BCUT2D eigenvalue weighted by molar-refractivity contribution is -0.115. The molecule has 23 heavy (non-hydrogen) atoms. The van der Waals surface area contributed by atoms with Gasteiger partial charge in [0.2, 0.25) is 5.91 Å². The zero-order chi connectivity index (χ0) is 16.2. The Hall–Kier alpha value is -2.24. The van der Waals surface area contributed by atoms with Gasteiger partial charge in [0.25, 0.3) is 6.43 Å². The summed E-state index contributed by atoms with van der Waals surface area (Å²) < 4.78 is 25.3. The number of rotatable bonds is 5. The van der Waals surface area contributed by atoms with E-state index in [2.05, 4.69) is 15.5 Å². The largest absolute Gasteiger partial charge is 0.309 e. The second kappa shape index (κ2) is 6.89. The molecule has 6 heteroatoms. The summed E-state index contributed by atoms with van der Waals surface area (Å²) in [5.74, 6) is 0.721. The van der Waals surface area contributed by atoms with Gasteiger partial charge < -0.3 is 5.32 Å². The highest BCUT2D eigenvalue weighted by molar-refractivity contribution is 5.91. The van der Waals surface area contributed by atoms with E-state index in [1.807, 2.05) is 6.07 Å². The number of hydrogen-bond acceptors (Lipinski definition) is 2. The molecule has 1 aliphatic rings. The number of alkyl halides is 2. The van der Waals surface area contributed by atoms with Crippen molar-refractivity contribution < 1.29 is 13.6 Å². The quantitative estimate of drug-likeness (QED) is 0.868. The first-order chi connectivity index (χ1) is 11.1. The molecule has 3 rings (SSSR count). The lowest BCUT2D eigenvalue weighted by Gasteiger charge is -2.05. The summed E-state index contributed by atoms with van der Waals surface area (Å²) in [6.45, 7) is 0. The first-order valence-electron chi connectivity index (χ1n) is 7.84. The predicted molar refractivity (Wildman–Crippen MR) is 83.5 cm³/mol. The summed E-state index contributed by atoms with van der Waals surface area (Å²) in [5, 5.41) is 9.80. The lowest BCUT2D eigenvalue weighted by Crippen LogP contribution is -2.14. The standard InChI is InChI=1S/C17H19F2N3O/c18-17(19)13-7-3-4-11(8-13)9-16(23)20-15-10-14(21-22-15)12-5-1-2-6-12/h3-4,7-8,10,12,17H,1-2,5-6,9H2,(H2,20,21,22,23). The first kappa shape index (κ1) is 15.6. The summed E-state index contributed by atoms with van der Waals surface area (Å²) in [4.78, 5) is 12.0. The van der Waals surface area contributed by atoms with Gasteiger partial charge in [-0.25, -0.2) is 8.78 Å². The fourth-order valence-corrected chi connectivity index (χ4v) is 3.06. The second-order valence-electron chi connectivity index (χ2n) is 5.96. The molecule has 1 fully saturated rings. The van der Waals surface area contributed by atoms with Crippen molar-refractivity contribution in [1.29, 1.82) is 0 Å². The molecule has 0 aliphatic heterocycles. The second-order valence-corrected chi connectivity index (χ2v) is 5.96. The minimum atomic E-state index is -2.53. The number of nitrogens with one attached hydrogen (secondary N) is 2. The molecule has 122 valence electrons. The molecule has 1 heterocycles. The third kappa shape index (κ3) is 3.94. The van der Waals surface area contributed by atoms with Crippen molar-refractivity contribution in [1.82, 2.24) is 10.2 Å². The van der Waals surface area contributed by atoms with Crippen LogP contribution < -0.4 is 5.32 Å². The first-order valence-corrected chi connectivity index (χ1v) is 7.84. The Morgan fingerprint density at radius 1 is 1.30 bits per heavy atom. The normalized spacial score (nSPS) is 15.3. The summed E-state index contributed by atoms with van der Waals surface area (Å²) in [6.07, 6.45) is 2.27. The van der Waals surface area contributed by atoms with E-state index in [9.17, 15) is 13.6 Å². The van der Waals surface area contributed by atoms with Crippen LogP contribution in [-0.4, -0.2) is 16.1 Å². The molecule has 0 spiro atoms. The fourth-order valence-electron chi connectivity index (χ4n) is 3.06. The van der Waals surface area contributed by atoms with Gasteiger partial charge in [0.1, 0.15) is 0 Å². The van der Waals surface area contributed by atoms with Crippen LogP contribution in [0.5, 0.6) is 0 Å². The Bertz CT molecular complexity index is 678. The fraction of sp³-hybridized carbons (Fsp3) is 0.412. The van der Waals surface area contributed by atoms with Crippen molar-refractivity contribution in [2.45, 2.75) is 44.4 Å². The van der Waals surface area contributed by atoms with E-state index in [-0.39, 0.29) is 17.9 Å². The molecule has 1 amide bonds. The van der Waals surface area contributed by atoms with Gasteiger partial charge in [-0.3, -0.25) is 9.89 Å². The maximum Gasteiger partial charge on any atom is 0.263 e. The highest BCUT2D eigenvalue weighted by Gasteiger charge is 2.19. The summed E-state index contributed by atoms with van der Waals surface area (Å²) >= 11 is 0. The highest BCUT2D eigenvalue weighted by atomic mass is 19.3. The number of halogens is 2. The van der Waals surface area contributed by atoms with Crippen LogP contribution >= 0.6 is 0 Å². The molecule has 1 aromatic carbocycles. The number of carbonyl (C=O) groups excluding carboxylic acids is 1. The zero-order valence-corrected chi connectivity index (χ0v) is 12.7. The monoisotopic (exact) mass is 319 g/mol. The van der Waals surface area contributed by atoms with Gasteiger partial charge in [-0.15, -0.1) is 0 Å². The Balaban J connectivity index is 1.60. The topological polar surface area (TPSA) is 57.8 Å². The molecule has 0 unspecified atom stereocenters. The number of amides is 1. The third-order valence-electron chi connectivity index (χ3n) is 4.23. The number of benzene rings is 1. The van der Waals surface area contributed by atoms with Crippen molar-refractivity contribution in [2.75, 3.05) is 5.32 Å². The molecule has 1 aromatic heterocycles. The molecule has 0 saturated heterocycles. The minimum Gasteiger partial charge on any atom is -0.309 e. The van der Waals surface area contributed by atoms with Crippen LogP contribution in [0.3, 0.4) is 0 Å². The van der Waals surface area contributed by atoms with Gasteiger partial charge in [0.15, 0.2) is 5.82 Å². The average molecular weight is 319 g/mol. The van der Waals surface area contributed by atoms with E-state index in [4.69, 9.17) is 0 Å². The molecule has 1 aliphatic carbocycles. The van der Waals surface area contributed by atoms with Crippen molar-refractivity contribution in [3.05, 3.63) is 47.2 Å². The van der Waals surface area contributed by atoms with Crippen LogP contribution in [0.25, 0.3) is 0 Å². The van der Waals surface area contributed by atoms with Crippen LogP contribution in [0.4, 0.5) is 14.6 Å². The number of anilines is 1. The van der Waals surface area contributed by atoms with Crippen molar-refractivity contribution in [3.8, 4) is 0 Å². The van der Waals surface area contributed by atoms with E-state index in [1.54, 1.807) is 6.07 Å². The van der Waals surface area contributed by atoms with Crippen LogP contribution in [0.1, 0.15) is 54.8 Å². The molecule has 0 bridgehead atoms. The maximum absolute atomic E-state index is 12.7. The Labute approximate surface area is 133 Å². The van der Waals surface area contributed by atoms with Gasteiger partial charge in [0.05, 0.1) is 6.42 Å². The van der Waals surface area contributed by atoms with Gasteiger partial charge >= 0.3 is 0 Å². The van der Waals surface area contributed by atoms with Gasteiger partial charge in [-0.1, -0.05) is 31.0 Å². The summed E-state index contributed by atoms with van der Waals surface area (Å²) in [6, 6.07) is 7.78. The van der Waals surface area contributed by atoms with E-state index < -0.39 is 6.43 Å². The van der Waals surface area contributed by atoms with E-state index in [0.29, 0.717) is 17.3 Å². The van der Waals surface area contributed by atoms with Crippen molar-refractivity contribution in [2.24, 2.45) is 0 Å². The lowest BCUT2D eigenvalue weighted by atomic mass is 10.0. The summed E-state index contributed by atoms with van der Waals surface area (Å²) in [5.41, 5.74) is 1.54. The molecular formula is C17H19F2N3O. The predicted octanol–water partition coefficient (Wildman–Crippen LogP) is 4.19. The third-order valence-corrected chi connectivity index (χ3v) is 4.23. The van der Waals surface area contributed by atoms with Gasteiger partial charge in [0, 0.05) is 23.2 Å². The van der Waals surface area contributed by atoms with E-state index in [0.717, 1.165) is 18.5 Å². The number of hydrogen-bond donors (Lipinski definition) is 2. The van der Waals surface area contributed by atoms with Crippen molar-refractivity contribution in [3.63, 3.8) is 0 Å². The SMILES string of the molecule is O=C(Cc1cccc(C(F)F)c1)Nc1cc(C2CCCC2)[nH]n1. The minimum absolute atomic E-state index is 0.0478. The maximum atomic E-state index is 12.7. The number of H-pyrrole nitrogens is 1. The zero-order valence-electron chi connectivity index (χ0n) is 12.7. The van der Waals surface area contributed by atoms with E-state index in [1.165, 1.54) is 31.0 Å². The van der Waals surface area contributed by atoms with Gasteiger partial charge in [-0.05, 0) is 24.5 Å². The molecule has 2 aromatic rings. The number of aromatic amines is 1.